The summed E-state index contributed by atoms with van der Waals surface area (Å²) in [5.41, 5.74) is 4.35. The standard InChI is InChI=1S/C13H15BrN2O5/c1-20-13(19)7-6-11(17)15-16-12(18)8-21-10-4-2-9(14)3-5-10/h2-5H,6-8H2,1H3,(H,15,17)(H,16,18). The van der Waals surface area contributed by atoms with Crippen LogP contribution in [0.3, 0.4) is 0 Å². The first-order chi connectivity index (χ1) is 10.0. The van der Waals surface area contributed by atoms with E-state index >= 15 is 0 Å². The third-order valence-corrected chi connectivity index (χ3v) is 2.84. The van der Waals surface area contributed by atoms with Crippen LogP contribution < -0.4 is 15.6 Å². The molecule has 0 saturated carbocycles. The average molecular weight is 359 g/mol. The number of ether oxygens (including phenoxy) is 2. The summed E-state index contributed by atoms with van der Waals surface area (Å²) in [4.78, 5) is 33.6. The van der Waals surface area contributed by atoms with Gasteiger partial charge in [-0.3, -0.25) is 25.2 Å². The maximum atomic E-state index is 11.4. The van der Waals surface area contributed by atoms with Crippen molar-refractivity contribution in [2.24, 2.45) is 0 Å². The predicted octanol–water partition coefficient (Wildman–Crippen LogP) is 0.928. The van der Waals surface area contributed by atoms with Crippen LogP contribution in [0.4, 0.5) is 0 Å². The van der Waals surface area contributed by atoms with E-state index in [0.717, 1.165) is 4.47 Å². The van der Waals surface area contributed by atoms with E-state index in [4.69, 9.17) is 4.74 Å². The van der Waals surface area contributed by atoms with E-state index < -0.39 is 17.8 Å². The lowest BCUT2D eigenvalue weighted by Crippen LogP contribution is -2.43. The fourth-order valence-electron chi connectivity index (χ4n) is 1.24. The fourth-order valence-corrected chi connectivity index (χ4v) is 1.50. The van der Waals surface area contributed by atoms with E-state index in [0.29, 0.717) is 5.75 Å². The Hall–Kier alpha value is -2.09. The Morgan fingerprint density at radius 1 is 1.05 bits per heavy atom. The average Bonchev–Trinajstić information content (AvgIpc) is 2.49. The van der Waals surface area contributed by atoms with Gasteiger partial charge in [0.25, 0.3) is 5.91 Å². The molecule has 0 aliphatic carbocycles. The Labute approximate surface area is 130 Å². The molecule has 7 nitrogen and oxygen atoms in total. The Morgan fingerprint density at radius 3 is 2.29 bits per heavy atom. The van der Waals surface area contributed by atoms with E-state index in [9.17, 15) is 14.4 Å². The van der Waals surface area contributed by atoms with E-state index in [2.05, 4.69) is 31.5 Å². The van der Waals surface area contributed by atoms with Gasteiger partial charge in [-0.1, -0.05) is 15.9 Å². The minimum Gasteiger partial charge on any atom is -0.484 e. The first-order valence-electron chi connectivity index (χ1n) is 6.04. The first kappa shape index (κ1) is 17.0. The molecule has 1 aromatic carbocycles. The Bertz CT molecular complexity index is 504. The molecule has 0 bridgehead atoms. The van der Waals surface area contributed by atoms with Gasteiger partial charge in [0.15, 0.2) is 6.61 Å². The molecule has 0 saturated heterocycles. The number of carbonyl (C=O) groups excluding carboxylic acids is 3. The summed E-state index contributed by atoms with van der Waals surface area (Å²) in [5, 5.41) is 0. The van der Waals surface area contributed by atoms with Crippen LogP contribution in [-0.4, -0.2) is 31.5 Å². The first-order valence-corrected chi connectivity index (χ1v) is 6.83. The molecule has 1 aromatic rings. The number of hydrogen-bond donors (Lipinski definition) is 2. The third-order valence-electron chi connectivity index (χ3n) is 2.31. The lowest BCUT2D eigenvalue weighted by Gasteiger charge is -2.08. The topological polar surface area (TPSA) is 93.7 Å². The zero-order chi connectivity index (χ0) is 15.7. The second-order valence-electron chi connectivity index (χ2n) is 3.92. The summed E-state index contributed by atoms with van der Waals surface area (Å²) in [6.07, 6.45) is -0.117. The zero-order valence-corrected chi connectivity index (χ0v) is 12.9. The molecule has 0 atom stereocenters. The highest BCUT2D eigenvalue weighted by atomic mass is 79.9. The van der Waals surface area contributed by atoms with Crippen molar-refractivity contribution in [3.05, 3.63) is 28.7 Å². The number of halogens is 1. The molecule has 0 aromatic heterocycles. The number of rotatable bonds is 6. The molecule has 0 radical (unpaired) electrons. The minimum atomic E-state index is -0.510. The van der Waals surface area contributed by atoms with Gasteiger partial charge < -0.3 is 9.47 Å². The van der Waals surface area contributed by atoms with Crippen molar-refractivity contribution in [3.63, 3.8) is 0 Å². The summed E-state index contributed by atoms with van der Waals surface area (Å²) in [5.74, 6) is -0.956. The van der Waals surface area contributed by atoms with Crippen LogP contribution >= 0.6 is 15.9 Å². The SMILES string of the molecule is COC(=O)CCC(=O)NNC(=O)COc1ccc(Br)cc1. The van der Waals surface area contributed by atoms with Crippen LogP contribution in [0.5, 0.6) is 5.75 Å². The lowest BCUT2D eigenvalue weighted by atomic mass is 10.3. The molecule has 0 aliphatic heterocycles. The normalized spacial score (nSPS) is 9.62. The van der Waals surface area contributed by atoms with Gasteiger partial charge in [-0.15, -0.1) is 0 Å². The summed E-state index contributed by atoms with van der Waals surface area (Å²) in [6, 6.07) is 6.96. The van der Waals surface area contributed by atoms with Crippen LogP contribution in [0.15, 0.2) is 28.7 Å². The third kappa shape index (κ3) is 7.31. The van der Waals surface area contributed by atoms with Crippen molar-refractivity contribution < 1.29 is 23.9 Å². The molecule has 0 spiro atoms. The number of hydrogen-bond acceptors (Lipinski definition) is 5. The molecule has 21 heavy (non-hydrogen) atoms. The maximum Gasteiger partial charge on any atom is 0.306 e. The zero-order valence-electron chi connectivity index (χ0n) is 11.3. The van der Waals surface area contributed by atoms with Crippen LogP contribution in [0.25, 0.3) is 0 Å². The van der Waals surface area contributed by atoms with Gasteiger partial charge in [-0.05, 0) is 24.3 Å². The minimum absolute atomic E-state index is 0.0480. The van der Waals surface area contributed by atoms with Crippen LogP contribution in [0.1, 0.15) is 12.8 Å². The van der Waals surface area contributed by atoms with Crippen molar-refractivity contribution in [2.45, 2.75) is 12.8 Å². The molecule has 1 rings (SSSR count). The van der Waals surface area contributed by atoms with Crippen molar-refractivity contribution in [3.8, 4) is 5.75 Å². The molecule has 2 amide bonds. The number of amides is 2. The highest BCUT2D eigenvalue weighted by Crippen LogP contribution is 2.15. The molecule has 0 fully saturated rings. The predicted molar refractivity (Wildman–Crippen MR) is 77.2 cm³/mol. The summed E-state index contributed by atoms with van der Waals surface area (Å²) >= 11 is 3.28. The smallest absolute Gasteiger partial charge is 0.306 e. The molecule has 0 unspecified atom stereocenters. The number of carbonyl (C=O) groups is 3. The van der Waals surface area contributed by atoms with E-state index in [1.807, 2.05) is 0 Å². The number of esters is 1. The van der Waals surface area contributed by atoms with Gasteiger partial charge in [-0.25, -0.2) is 0 Å². The van der Waals surface area contributed by atoms with Gasteiger partial charge in [-0.2, -0.15) is 0 Å². The highest BCUT2D eigenvalue weighted by Gasteiger charge is 2.08. The summed E-state index contributed by atoms with van der Waals surface area (Å²) in [6.45, 7) is -0.237. The van der Waals surface area contributed by atoms with Gasteiger partial charge >= 0.3 is 5.97 Å². The number of methoxy groups -OCH3 is 1. The fraction of sp³-hybridized carbons (Fsp3) is 0.308. The largest absolute Gasteiger partial charge is 0.484 e. The van der Waals surface area contributed by atoms with Crippen molar-refractivity contribution >= 4 is 33.7 Å². The Kier molecular flexibility index (Phi) is 7.24. The second-order valence-corrected chi connectivity index (χ2v) is 4.83. The van der Waals surface area contributed by atoms with Gasteiger partial charge in [0.05, 0.1) is 13.5 Å². The van der Waals surface area contributed by atoms with E-state index in [-0.39, 0.29) is 19.4 Å². The van der Waals surface area contributed by atoms with Crippen molar-refractivity contribution in [1.29, 1.82) is 0 Å². The molecule has 0 aliphatic rings. The summed E-state index contributed by atoms with van der Waals surface area (Å²) in [7, 11) is 1.24. The number of benzene rings is 1. The van der Waals surface area contributed by atoms with Crippen molar-refractivity contribution in [1.82, 2.24) is 10.9 Å². The lowest BCUT2D eigenvalue weighted by molar-refractivity contribution is -0.142. The number of nitrogens with one attached hydrogen (secondary N) is 2. The molecule has 0 heterocycles. The molecular formula is C13H15BrN2O5. The van der Waals surface area contributed by atoms with Gasteiger partial charge in [0.1, 0.15) is 5.75 Å². The van der Waals surface area contributed by atoms with E-state index in [1.54, 1.807) is 24.3 Å². The quantitative estimate of drug-likeness (QED) is 0.582. The second kappa shape index (κ2) is 8.96. The monoisotopic (exact) mass is 358 g/mol. The van der Waals surface area contributed by atoms with Crippen LogP contribution in [0, 0.1) is 0 Å². The molecule has 8 heteroatoms. The van der Waals surface area contributed by atoms with Gasteiger partial charge in [0.2, 0.25) is 5.91 Å². The molecule has 114 valence electrons. The van der Waals surface area contributed by atoms with Crippen LogP contribution in [-0.2, 0) is 19.1 Å². The van der Waals surface area contributed by atoms with Gasteiger partial charge in [0, 0.05) is 10.9 Å². The van der Waals surface area contributed by atoms with E-state index in [1.165, 1.54) is 7.11 Å². The van der Waals surface area contributed by atoms with Crippen molar-refractivity contribution in [2.75, 3.05) is 13.7 Å². The molecular weight excluding hydrogens is 344 g/mol. The Balaban J connectivity index is 2.20. The highest BCUT2D eigenvalue weighted by molar-refractivity contribution is 9.10. The molecule has 2 N–H and O–H groups in total. The number of hydrazine groups is 1. The Morgan fingerprint density at radius 2 is 1.67 bits per heavy atom. The summed E-state index contributed by atoms with van der Waals surface area (Å²) < 4.78 is 10.5. The maximum absolute atomic E-state index is 11.4. The van der Waals surface area contributed by atoms with Crippen LogP contribution in [0.2, 0.25) is 0 Å².